The van der Waals surface area contributed by atoms with Gasteiger partial charge >= 0.3 is 0 Å². The first-order chi connectivity index (χ1) is 21.9. The maximum atomic E-state index is 16.4. The van der Waals surface area contributed by atoms with Gasteiger partial charge in [0.25, 0.3) is 0 Å². The number of nitrogens with two attached hydrogens (primary N) is 1. The SMILES string of the molecule is CCCCCCC.CCc1c(F)ccc2cc(O)cc(-c3nc4c5c(cc(OC)nc5c3F)N3CCCCCC3CO4)c12.CN. The van der Waals surface area contributed by atoms with Gasteiger partial charge < -0.3 is 25.2 Å². The predicted molar refractivity (Wildman–Crippen MR) is 180 cm³/mol. The van der Waals surface area contributed by atoms with Gasteiger partial charge in [-0.3, -0.25) is 0 Å². The number of halogens is 2. The average Bonchev–Trinajstić information content (AvgIpc) is 3.38. The van der Waals surface area contributed by atoms with Gasteiger partial charge in [0.15, 0.2) is 5.82 Å². The van der Waals surface area contributed by atoms with Crippen LogP contribution in [0.5, 0.6) is 17.5 Å². The van der Waals surface area contributed by atoms with Crippen molar-refractivity contribution in [1.82, 2.24) is 9.97 Å². The van der Waals surface area contributed by atoms with Crippen LogP contribution in [0.1, 0.15) is 84.1 Å². The van der Waals surface area contributed by atoms with Crippen LogP contribution in [0.4, 0.5) is 14.5 Å². The molecule has 0 saturated carbocycles. The van der Waals surface area contributed by atoms with E-state index in [1.807, 2.05) is 13.0 Å². The molecule has 7 nitrogen and oxygen atoms in total. The van der Waals surface area contributed by atoms with E-state index in [9.17, 15) is 9.50 Å². The second kappa shape index (κ2) is 16.0. The summed E-state index contributed by atoms with van der Waals surface area (Å²) in [6, 6.07) is 7.87. The number of unbranched alkanes of at least 4 members (excludes halogenated alkanes) is 4. The van der Waals surface area contributed by atoms with Crippen molar-refractivity contribution in [1.29, 1.82) is 0 Å². The lowest BCUT2D eigenvalue weighted by Gasteiger charge is -2.30. The van der Waals surface area contributed by atoms with Gasteiger partial charge in [-0.2, -0.15) is 0 Å². The van der Waals surface area contributed by atoms with Crippen LogP contribution in [0.2, 0.25) is 0 Å². The Morgan fingerprint density at radius 3 is 2.42 bits per heavy atom. The number of aromatic hydroxyl groups is 1. The first-order valence-electron chi connectivity index (χ1n) is 16.4. The molecule has 45 heavy (non-hydrogen) atoms. The number of rotatable bonds is 7. The topological polar surface area (TPSA) is 93.7 Å². The average molecular weight is 623 g/mol. The van der Waals surface area contributed by atoms with Gasteiger partial charge in [-0.15, -0.1) is 0 Å². The molecular weight excluding hydrogens is 574 g/mol. The number of aromatic nitrogens is 2. The van der Waals surface area contributed by atoms with Crippen molar-refractivity contribution >= 4 is 27.4 Å². The van der Waals surface area contributed by atoms with Crippen LogP contribution in [-0.4, -0.2) is 48.4 Å². The maximum Gasteiger partial charge on any atom is 0.225 e. The van der Waals surface area contributed by atoms with Crippen LogP contribution < -0.4 is 20.1 Å². The number of hydrogen-bond acceptors (Lipinski definition) is 7. The van der Waals surface area contributed by atoms with Crippen LogP contribution in [0.25, 0.3) is 32.9 Å². The Kier molecular flexibility index (Phi) is 12.2. The number of nitrogens with zero attached hydrogens (tertiary/aromatic N) is 3. The molecule has 2 aromatic carbocycles. The van der Waals surface area contributed by atoms with E-state index in [1.54, 1.807) is 12.1 Å². The molecule has 9 heteroatoms. The van der Waals surface area contributed by atoms with Gasteiger partial charge in [0.1, 0.15) is 29.4 Å². The van der Waals surface area contributed by atoms with E-state index in [4.69, 9.17) is 9.47 Å². The van der Waals surface area contributed by atoms with Crippen molar-refractivity contribution in [2.45, 2.75) is 91.0 Å². The number of hydrogen-bond donors (Lipinski definition) is 2. The van der Waals surface area contributed by atoms with Crippen molar-refractivity contribution in [2.75, 3.05) is 32.2 Å². The third-order valence-corrected chi connectivity index (χ3v) is 8.59. The number of benzene rings is 2. The minimum atomic E-state index is -0.663. The molecule has 0 aliphatic carbocycles. The summed E-state index contributed by atoms with van der Waals surface area (Å²) in [7, 11) is 3.01. The Balaban J connectivity index is 0.000000455. The van der Waals surface area contributed by atoms with Crippen molar-refractivity contribution in [2.24, 2.45) is 5.73 Å². The Hall–Kier alpha value is -3.72. The molecule has 1 unspecified atom stereocenters. The predicted octanol–water partition coefficient (Wildman–Crippen LogP) is 8.70. The third kappa shape index (κ3) is 7.24. The smallest absolute Gasteiger partial charge is 0.225 e. The molecule has 0 bridgehead atoms. The molecule has 2 aromatic heterocycles. The Morgan fingerprint density at radius 2 is 1.73 bits per heavy atom. The summed E-state index contributed by atoms with van der Waals surface area (Å²) < 4.78 is 42.9. The van der Waals surface area contributed by atoms with E-state index in [0.29, 0.717) is 46.2 Å². The summed E-state index contributed by atoms with van der Waals surface area (Å²) in [5.74, 6) is -0.533. The molecule has 0 amide bonds. The lowest BCUT2D eigenvalue weighted by molar-refractivity contribution is 0.275. The van der Waals surface area contributed by atoms with E-state index in [-0.39, 0.29) is 34.7 Å². The van der Waals surface area contributed by atoms with E-state index in [0.717, 1.165) is 37.9 Å². The minimum Gasteiger partial charge on any atom is -0.508 e. The maximum absolute atomic E-state index is 16.4. The number of pyridine rings is 2. The van der Waals surface area contributed by atoms with Crippen molar-refractivity contribution < 1.29 is 23.4 Å². The molecule has 0 spiro atoms. The number of phenolic OH excluding ortho intramolecular Hbond substituents is 1. The normalized spacial score (nSPS) is 15.6. The summed E-state index contributed by atoms with van der Waals surface area (Å²) in [5, 5.41) is 12.1. The van der Waals surface area contributed by atoms with Crippen LogP contribution in [0, 0.1) is 11.6 Å². The number of fused-ring (bicyclic) bond motifs is 3. The standard InChI is InChI=1S/C28H27F2N3O3.C7H16.CH5N/c1-3-18-20(29)9-8-15-11-17(34)12-19(23(15)18)26-25(30)27-24-21(13-22(31-27)35-2)33-10-6-4-5-7-16(33)14-36-28(24)32-26;1-3-5-7-6-4-2;1-2/h8-9,11-13,16,34H,3-7,10,14H2,1-2H3;3-7H2,1-2H3;2H2,1H3. The van der Waals surface area contributed by atoms with Crippen molar-refractivity contribution in [3.8, 4) is 28.8 Å². The second-order valence-corrected chi connectivity index (χ2v) is 11.5. The fraction of sp³-hybridized carbons (Fsp3) is 0.500. The van der Waals surface area contributed by atoms with Gasteiger partial charge in [-0.25, -0.2) is 18.7 Å². The van der Waals surface area contributed by atoms with Crippen molar-refractivity contribution in [3.05, 3.63) is 47.5 Å². The molecule has 4 aromatic rings. The zero-order valence-corrected chi connectivity index (χ0v) is 27.4. The van der Waals surface area contributed by atoms with Crippen LogP contribution in [0.15, 0.2) is 30.3 Å². The minimum absolute atomic E-state index is 0.0394. The van der Waals surface area contributed by atoms with Crippen LogP contribution in [0.3, 0.4) is 0 Å². The van der Waals surface area contributed by atoms with Gasteiger partial charge in [0.05, 0.1) is 24.2 Å². The zero-order chi connectivity index (χ0) is 32.5. The summed E-state index contributed by atoms with van der Waals surface area (Å²) in [6.07, 6.45) is 11.6. The third-order valence-electron chi connectivity index (χ3n) is 8.59. The van der Waals surface area contributed by atoms with E-state index < -0.39 is 5.82 Å². The molecule has 3 N–H and O–H groups in total. The Labute approximate surface area is 265 Å². The fourth-order valence-corrected chi connectivity index (χ4v) is 6.36. The summed E-state index contributed by atoms with van der Waals surface area (Å²) in [5.41, 5.74) is 6.08. The Morgan fingerprint density at radius 1 is 0.978 bits per heavy atom. The molecule has 2 aliphatic rings. The lowest BCUT2D eigenvalue weighted by atomic mass is 9.94. The molecule has 2 aliphatic heterocycles. The lowest BCUT2D eigenvalue weighted by Crippen LogP contribution is -2.38. The van der Waals surface area contributed by atoms with Crippen LogP contribution in [-0.2, 0) is 6.42 Å². The largest absolute Gasteiger partial charge is 0.508 e. The highest BCUT2D eigenvalue weighted by atomic mass is 19.1. The van der Waals surface area contributed by atoms with Gasteiger partial charge in [0.2, 0.25) is 11.8 Å². The Bertz CT molecular complexity index is 1590. The molecule has 1 atom stereocenters. The quantitative estimate of drug-likeness (QED) is 0.199. The molecule has 4 heterocycles. The molecule has 6 rings (SSSR count). The summed E-state index contributed by atoms with van der Waals surface area (Å²) >= 11 is 0. The fourth-order valence-electron chi connectivity index (χ4n) is 6.36. The number of phenols is 1. The monoisotopic (exact) mass is 622 g/mol. The van der Waals surface area contributed by atoms with Crippen LogP contribution >= 0.6 is 0 Å². The highest BCUT2D eigenvalue weighted by Gasteiger charge is 2.32. The number of methoxy groups -OCH3 is 1. The van der Waals surface area contributed by atoms with Gasteiger partial charge in [-0.1, -0.05) is 71.8 Å². The van der Waals surface area contributed by atoms with Gasteiger partial charge in [-0.05, 0) is 60.8 Å². The van der Waals surface area contributed by atoms with E-state index >= 15 is 4.39 Å². The highest BCUT2D eigenvalue weighted by molar-refractivity contribution is 6.04. The first kappa shape index (κ1) is 34.2. The number of aryl methyl sites for hydroxylation is 1. The molecule has 0 radical (unpaired) electrons. The molecule has 1 saturated heterocycles. The van der Waals surface area contributed by atoms with E-state index in [1.165, 1.54) is 58.4 Å². The number of anilines is 1. The molecule has 1 fully saturated rings. The first-order valence-corrected chi connectivity index (χ1v) is 16.4. The van der Waals surface area contributed by atoms with Gasteiger partial charge in [0, 0.05) is 18.2 Å². The molecular formula is C36H48F2N4O3. The summed E-state index contributed by atoms with van der Waals surface area (Å²) in [4.78, 5) is 11.4. The number of ether oxygens (including phenoxy) is 2. The summed E-state index contributed by atoms with van der Waals surface area (Å²) in [6.45, 7) is 7.58. The zero-order valence-electron chi connectivity index (χ0n) is 27.4. The molecule has 244 valence electrons. The van der Waals surface area contributed by atoms with E-state index in [2.05, 4.69) is 34.4 Å². The highest BCUT2D eigenvalue weighted by Crippen LogP contribution is 2.45. The second-order valence-electron chi connectivity index (χ2n) is 11.5. The van der Waals surface area contributed by atoms with Crippen molar-refractivity contribution in [3.63, 3.8) is 0 Å².